The minimum Gasteiger partial charge on any atom is -0.487 e. The van der Waals surface area contributed by atoms with E-state index in [-0.39, 0.29) is 5.69 Å². The van der Waals surface area contributed by atoms with Crippen LogP contribution in [0.5, 0.6) is 5.75 Å². The second kappa shape index (κ2) is 5.51. The van der Waals surface area contributed by atoms with E-state index in [1.807, 2.05) is 16.9 Å². The fourth-order valence-electron chi connectivity index (χ4n) is 2.15. The number of aromatic nitrogens is 4. The number of fused-ring (bicyclic) bond motifs is 1. The van der Waals surface area contributed by atoms with Crippen LogP contribution in [0.2, 0.25) is 0 Å². The van der Waals surface area contributed by atoms with E-state index in [0.29, 0.717) is 29.3 Å². The molecule has 0 aliphatic carbocycles. The molecule has 22 heavy (non-hydrogen) atoms. The zero-order chi connectivity index (χ0) is 15.7. The van der Waals surface area contributed by atoms with Gasteiger partial charge in [-0.2, -0.15) is 10.2 Å². The third kappa shape index (κ3) is 2.65. The molecule has 2 N–H and O–H groups in total. The third-order valence-electron chi connectivity index (χ3n) is 3.32. The van der Waals surface area contributed by atoms with E-state index < -0.39 is 5.97 Å². The molecule has 0 atom stereocenters. The Bertz CT molecular complexity index is 819. The van der Waals surface area contributed by atoms with E-state index in [0.717, 1.165) is 5.69 Å². The number of benzene rings is 1. The quantitative estimate of drug-likeness (QED) is 0.755. The van der Waals surface area contributed by atoms with Crippen LogP contribution in [-0.2, 0) is 6.61 Å². The Labute approximate surface area is 126 Å². The molecule has 0 radical (unpaired) electrons. The van der Waals surface area contributed by atoms with Crippen LogP contribution in [0.3, 0.4) is 0 Å². The standard InChI is InChI=1S/C15H16N4O3/c1-9(2)19-6-5-10(18-19)8-22-11-3-4-13-12(7-11)14(15(20)21)17-16-13/h3-7,9H,8H2,1-2H3,(H,16,17)(H,20,21). The number of carbonyl (C=O) groups is 1. The van der Waals surface area contributed by atoms with Gasteiger partial charge in [0, 0.05) is 17.6 Å². The van der Waals surface area contributed by atoms with Gasteiger partial charge in [-0.05, 0) is 38.1 Å². The largest absolute Gasteiger partial charge is 0.487 e. The van der Waals surface area contributed by atoms with E-state index in [1.54, 1.807) is 18.2 Å². The molecule has 0 unspecified atom stereocenters. The van der Waals surface area contributed by atoms with Crippen molar-refractivity contribution >= 4 is 16.9 Å². The van der Waals surface area contributed by atoms with Crippen molar-refractivity contribution < 1.29 is 14.6 Å². The lowest BCUT2D eigenvalue weighted by atomic mass is 10.2. The summed E-state index contributed by atoms with van der Waals surface area (Å²) < 4.78 is 7.55. The molecule has 0 fully saturated rings. The number of hydrogen-bond donors (Lipinski definition) is 2. The summed E-state index contributed by atoms with van der Waals surface area (Å²) in [5.41, 5.74) is 1.47. The highest BCUT2D eigenvalue weighted by molar-refractivity contribution is 6.01. The number of aromatic amines is 1. The SMILES string of the molecule is CC(C)n1ccc(COc2ccc3[nH]nc(C(=O)O)c3c2)n1. The zero-order valence-electron chi connectivity index (χ0n) is 12.3. The van der Waals surface area contributed by atoms with Crippen LogP contribution >= 0.6 is 0 Å². The van der Waals surface area contributed by atoms with Crippen LogP contribution in [-0.4, -0.2) is 31.1 Å². The highest BCUT2D eigenvalue weighted by atomic mass is 16.5. The van der Waals surface area contributed by atoms with E-state index in [1.165, 1.54) is 0 Å². The van der Waals surface area contributed by atoms with E-state index in [9.17, 15) is 4.79 Å². The summed E-state index contributed by atoms with van der Waals surface area (Å²) in [6.45, 7) is 4.43. The second-order valence-corrected chi connectivity index (χ2v) is 5.25. The number of aromatic carboxylic acids is 1. The normalized spacial score (nSPS) is 11.2. The molecular formula is C15H16N4O3. The smallest absolute Gasteiger partial charge is 0.357 e. The molecule has 114 valence electrons. The van der Waals surface area contributed by atoms with Crippen molar-refractivity contribution in [2.45, 2.75) is 26.5 Å². The fraction of sp³-hybridized carbons (Fsp3) is 0.267. The molecule has 7 heteroatoms. The van der Waals surface area contributed by atoms with Gasteiger partial charge in [-0.15, -0.1) is 0 Å². The number of carboxylic acid groups (broad SMARTS) is 1. The molecule has 7 nitrogen and oxygen atoms in total. The minimum absolute atomic E-state index is 0.00969. The van der Waals surface area contributed by atoms with Crippen LogP contribution in [0.15, 0.2) is 30.5 Å². The molecule has 0 aliphatic rings. The summed E-state index contributed by atoms with van der Waals surface area (Å²) in [6.07, 6.45) is 1.91. The molecule has 0 aliphatic heterocycles. The molecule has 0 spiro atoms. The summed E-state index contributed by atoms with van der Waals surface area (Å²) in [7, 11) is 0. The van der Waals surface area contributed by atoms with E-state index in [4.69, 9.17) is 9.84 Å². The van der Waals surface area contributed by atoms with Crippen LogP contribution in [0.1, 0.15) is 36.1 Å². The maximum Gasteiger partial charge on any atom is 0.357 e. The lowest BCUT2D eigenvalue weighted by Crippen LogP contribution is -2.03. The van der Waals surface area contributed by atoms with Gasteiger partial charge in [0.2, 0.25) is 0 Å². The Morgan fingerprint density at radius 1 is 1.41 bits per heavy atom. The number of H-pyrrole nitrogens is 1. The van der Waals surface area contributed by atoms with Crippen LogP contribution < -0.4 is 4.74 Å². The number of carboxylic acids is 1. The molecule has 0 bridgehead atoms. The van der Waals surface area contributed by atoms with Crippen molar-refractivity contribution in [1.29, 1.82) is 0 Å². The van der Waals surface area contributed by atoms with Gasteiger partial charge in [0.15, 0.2) is 5.69 Å². The van der Waals surface area contributed by atoms with Gasteiger partial charge in [0.05, 0.1) is 11.2 Å². The van der Waals surface area contributed by atoms with Crippen molar-refractivity contribution in [3.63, 3.8) is 0 Å². The van der Waals surface area contributed by atoms with Gasteiger partial charge in [-0.25, -0.2) is 4.79 Å². The first-order chi connectivity index (χ1) is 10.5. The summed E-state index contributed by atoms with van der Waals surface area (Å²) in [5, 5.41) is 20.5. The summed E-state index contributed by atoms with van der Waals surface area (Å²) in [4.78, 5) is 11.1. The molecule has 1 aromatic carbocycles. The van der Waals surface area contributed by atoms with Crippen LogP contribution in [0.25, 0.3) is 10.9 Å². The van der Waals surface area contributed by atoms with Gasteiger partial charge >= 0.3 is 5.97 Å². The maximum atomic E-state index is 11.1. The molecule has 2 heterocycles. The van der Waals surface area contributed by atoms with Crippen molar-refractivity contribution in [1.82, 2.24) is 20.0 Å². The van der Waals surface area contributed by atoms with Crippen molar-refractivity contribution in [3.05, 3.63) is 41.9 Å². The van der Waals surface area contributed by atoms with Gasteiger partial charge in [0.25, 0.3) is 0 Å². The predicted molar refractivity (Wildman–Crippen MR) is 80.0 cm³/mol. The highest BCUT2D eigenvalue weighted by Gasteiger charge is 2.13. The number of ether oxygens (including phenoxy) is 1. The maximum absolute atomic E-state index is 11.1. The average molecular weight is 300 g/mol. The van der Waals surface area contributed by atoms with Crippen molar-refractivity contribution in [3.8, 4) is 5.75 Å². The fourth-order valence-corrected chi connectivity index (χ4v) is 2.15. The summed E-state index contributed by atoms with van der Waals surface area (Å²) in [5.74, 6) is -0.491. The average Bonchev–Trinajstić information content (AvgIpc) is 3.11. The Hall–Kier alpha value is -2.83. The number of rotatable bonds is 5. The molecule has 3 rings (SSSR count). The lowest BCUT2D eigenvalue weighted by Gasteiger charge is -2.06. The topological polar surface area (TPSA) is 93.0 Å². The molecule has 0 saturated heterocycles. The first-order valence-corrected chi connectivity index (χ1v) is 6.93. The predicted octanol–water partition coefficient (Wildman–Crippen LogP) is 2.62. The van der Waals surface area contributed by atoms with Crippen LogP contribution in [0, 0.1) is 0 Å². The Morgan fingerprint density at radius 2 is 2.23 bits per heavy atom. The Kier molecular flexibility index (Phi) is 3.54. The zero-order valence-corrected chi connectivity index (χ0v) is 12.3. The monoisotopic (exact) mass is 300 g/mol. The van der Waals surface area contributed by atoms with Gasteiger partial charge in [-0.3, -0.25) is 9.78 Å². The van der Waals surface area contributed by atoms with Gasteiger partial charge < -0.3 is 9.84 Å². The van der Waals surface area contributed by atoms with Gasteiger partial charge in [-0.1, -0.05) is 0 Å². The molecule has 0 saturated carbocycles. The third-order valence-corrected chi connectivity index (χ3v) is 3.32. The van der Waals surface area contributed by atoms with Crippen molar-refractivity contribution in [2.75, 3.05) is 0 Å². The second-order valence-electron chi connectivity index (χ2n) is 5.25. The van der Waals surface area contributed by atoms with Crippen LogP contribution in [0.4, 0.5) is 0 Å². The first kappa shape index (κ1) is 14.1. The molecule has 3 aromatic rings. The summed E-state index contributed by atoms with van der Waals surface area (Å²) in [6, 6.07) is 7.39. The molecule has 0 amide bonds. The molecular weight excluding hydrogens is 284 g/mol. The number of nitrogens with one attached hydrogen (secondary N) is 1. The minimum atomic E-state index is -1.07. The Morgan fingerprint density at radius 3 is 2.91 bits per heavy atom. The summed E-state index contributed by atoms with van der Waals surface area (Å²) >= 11 is 0. The van der Waals surface area contributed by atoms with E-state index >= 15 is 0 Å². The van der Waals surface area contributed by atoms with E-state index in [2.05, 4.69) is 29.1 Å². The number of hydrogen-bond acceptors (Lipinski definition) is 4. The molecule has 2 aromatic heterocycles. The lowest BCUT2D eigenvalue weighted by molar-refractivity contribution is 0.0692. The van der Waals surface area contributed by atoms with Crippen molar-refractivity contribution in [2.24, 2.45) is 0 Å². The first-order valence-electron chi connectivity index (χ1n) is 6.93. The number of nitrogens with zero attached hydrogens (tertiary/aromatic N) is 3. The Balaban J connectivity index is 1.78. The van der Waals surface area contributed by atoms with Gasteiger partial charge in [0.1, 0.15) is 12.4 Å². The highest BCUT2D eigenvalue weighted by Crippen LogP contribution is 2.23.